The zero-order chi connectivity index (χ0) is 12.4. The molecule has 2 aromatic rings. The number of aromatic amines is 1. The van der Waals surface area contributed by atoms with Crippen molar-refractivity contribution in [1.82, 2.24) is 10.2 Å². The van der Waals surface area contributed by atoms with Gasteiger partial charge in [-0.25, -0.2) is 0 Å². The van der Waals surface area contributed by atoms with Crippen molar-refractivity contribution in [3.8, 4) is 11.6 Å². The van der Waals surface area contributed by atoms with Crippen molar-refractivity contribution in [1.29, 1.82) is 0 Å². The van der Waals surface area contributed by atoms with E-state index in [2.05, 4.69) is 26.1 Å². The van der Waals surface area contributed by atoms with Crippen LogP contribution in [-0.4, -0.2) is 15.2 Å². The average Bonchev–Trinajstić information content (AvgIpc) is 2.63. The summed E-state index contributed by atoms with van der Waals surface area (Å²) in [5.41, 5.74) is 7.26. The van der Waals surface area contributed by atoms with E-state index in [1.165, 1.54) is 0 Å². The van der Waals surface area contributed by atoms with E-state index < -0.39 is 0 Å². The van der Waals surface area contributed by atoms with Crippen LogP contribution in [-0.2, 0) is 0 Å². The zero-order valence-corrected chi connectivity index (χ0v) is 11.4. The first-order valence-corrected chi connectivity index (χ1v) is 6.06. The van der Waals surface area contributed by atoms with Gasteiger partial charge in [0, 0.05) is 16.2 Å². The van der Waals surface area contributed by atoms with Crippen LogP contribution in [0.25, 0.3) is 0 Å². The van der Waals surface area contributed by atoms with Crippen LogP contribution in [0.2, 0.25) is 0 Å². The third-order valence-electron chi connectivity index (χ3n) is 2.12. The van der Waals surface area contributed by atoms with Gasteiger partial charge in [0.2, 0.25) is 5.88 Å². The molecule has 0 saturated carbocycles. The molecule has 1 heterocycles. The van der Waals surface area contributed by atoms with Crippen molar-refractivity contribution < 1.29 is 4.74 Å². The molecule has 17 heavy (non-hydrogen) atoms. The maximum Gasteiger partial charge on any atom is 0.238 e. The predicted octanol–water partition coefficient (Wildman–Crippen LogP) is 2.91. The Balaban J connectivity index is 2.39. The monoisotopic (exact) mass is 311 g/mol. The van der Waals surface area contributed by atoms with E-state index in [0.29, 0.717) is 17.2 Å². The third-order valence-corrected chi connectivity index (χ3v) is 2.98. The third kappa shape index (κ3) is 2.65. The standard InChI is InChI=1S/C11H10BrN3OS/c1-6-5-9(15-14-6)16-8-4-2-3-7(12)10(8)11(13)17/h2-5H,1H3,(H2,13,17)(H,14,15). The van der Waals surface area contributed by atoms with Gasteiger partial charge in [-0.2, -0.15) is 0 Å². The van der Waals surface area contributed by atoms with Crippen LogP contribution in [0.1, 0.15) is 11.3 Å². The molecule has 3 N–H and O–H groups in total. The first kappa shape index (κ1) is 12.1. The summed E-state index contributed by atoms with van der Waals surface area (Å²) in [6.07, 6.45) is 0. The number of aromatic nitrogens is 2. The Bertz CT molecular complexity index is 568. The highest BCUT2D eigenvalue weighted by Gasteiger charge is 2.12. The van der Waals surface area contributed by atoms with E-state index in [-0.39, 0.29) is 4.99 Å². The molecule has 0 fully saturated rings. The predicted molar refractivity (Wildman–Crippen MR) is 73.4 cm³/mol. The lowest BCUT2D eigenvalue weighted by Gasteiger charge is -2.09. The largest absolute Gasteiger partial charge is 0.437 e. The van der Waals surface area contributed by atoms with Crippen LogP contribution >= 0.6 is 28.1 Å². The van der Waals surface area contributed by atoms with Crippen LogP contribution in [0.3, 0.4) is 0 Å². The van der Waals surface area contributed by atoms with Gasteiger partial charge in [-0.1, -0.05) is 18.3 Å². The number of benzene rings is 1. The number of rotatable bonds is 3. The summed E-state index contributed by atoms with van der Waals surface area (Å²) in [4.78, 5) is 0.278. The van der Waals surface area contributed by atoms with Crippen molar-refractivity contribution in [3.63, 3.8) is 0 Å². The number of aryl methyl sites for hydroxylation is 1. The van der Waals surface area contributed by atoms with E-state index in [9.17, 15) is 0 Å². The fourth-order valence-electron chi connectivity index (χ4n) is 1.39. The number of hydrogen-bond donors (Lipinski definition) is 2. The number of nitrogens with one attached hydrogen (secondary N) is 1. The second kappa shape index (κ2) is 4.85. The molecule has 0 amide bonds. The Labute approximate surface area is 112 Å². The van der Waals surface area contributed by atoms with Gasteiger partial charge >= 0.3 is 0 Å². The Kier molecular flexibility index (Phi) is 3.44. The highest BCUT2D eigenvalue weighted by molar-refractivity contribution is 9.10. The molecule has 1 aromatic heterocycles. The second-order valence-corrected chi connectivity index (χ2v) is 4.76. The van der Waals surface area contributed by atoms with Gasteiger partial charge in [0.05, 0.1) is 5.56 Å². The molecular formula is C11H10BrN3OS. The van der Waals surface area contributed by atoms with Crippen molar-refractivity contribution >= 4 is 33.1 Å². The molecule has 1 aromatic carbocycles. The van der Waals surface area contributed by atoms with E-state index >= 15 is 0 Å². The summed E-state index contributed by atoms with van der Waals surface area (Å²) in [5, 5.41) is 6.80. The minimum atomic E-state index is 0.278. The molecule has 0 radical (unpaired) electrons. The Morgan fingerprint density at radius 2 is 2.29 bits per heavy atom. The van der Waals surface area contributed by atoms with Crippen molar-refractivity contribution in [2.45, 2.75) is 6.92 Å². The summed E-state index contributed by atoms with van der Waals surface area (Å²) in [7, 11) is 0. The van der Waals surface area contributed by atoms with E-state index in [1.54, 1.807) is 12.1 Å². The highest BCUT2D eigenvalue weighted by atomic mass is 79.9. The molecule has 0 aliphatic rings. The van der Waals surface area contributed by atoms with Crippen molar-refractivity contribution in [3.05, 3.63) is 40.0 Å². The van der Waals surface area contributed by atoms with Crippen molar-refractivity contribution in [2.75, 3.05) is 0 Å². The van der Waals surface area contributed by atoms with Gasteiger partial charge < -0.3 is 10.5 Å². The van der Waals surface area contributed by atoms with Gasteiger partial charge in [-0.05, 0) is 35.0 Å². The number of thiocarbonyl (C=S) groups is 1. The average molecular weight is 312 g/mol. The van der Waals surface area contributed by atoms with Gasteiger partial charge in [0.25, 0.3) is 0 Å². The minimum absolute atomic E-state index is 0.278. The fraction of sp³-hybridized carbons (Fsp3) is 0.0909. The summed E-state index contributed by atoms with van der Waals surface area (Å²) < 4.78 is 6.43. The minimum Gasteiger partial charge on any atom is -0.437 e. The Hall–Kier alpha value is -1.40. The van der Waals surface area contributed by atoms with Gasteiger partial charge in [-0.3, -0.25) is 5.10 Å². The molecule has 0 spiro atoms. The lowest BCUT2D eigenvalue weighted by molar-refractivity contribution is 0.460. The summed E-state index contributed by atoms with van der Waals surface area (Å²) in [5.74, 6) is 1.07. The smallest absolute Gasteiger partial charge is 0.238 e. The van der Waals surface area contributed by atoms with Gasteiger partial charge in [0.15, 0.2) is 0 Å². The molecule has 88 valence electrons. The molecule has 0 unspecified atom stereocenters. The summed E-state index contributed by atoms with van der Waals surface area (Å²) in [6, 6.07) is 7.30. The molecule has 0 saturated heterocycles. The first-order chi connectivity index (χ1) is 8.08. The summed E-state index contributed by atoms with van der Waals surface area (Å²) >= 11 is 8.39. The van der Waals surface area contributed by atoms with E-state index in [0.717, 1.165) is 10.2 Å². The topological polar surface area (TPSA) is 63.9 Å². The fourth-order valence-corrected chi connectivity index (χ4v) is 2.29. The second-order valence-electron chi connectivity index (χ2n) is 3.47. The lowest BCUT2D eigenvalue weighted by atomic mass is 10.2. The number of H-pyrrole nitrogens is 1. The molecule has 4 nitrogen and oxygen atoms in total. The van der Waals surface area contributed by atoms with Crippen LogP contribution in [0.5, 0.6) is 11.6 Å². The molecular weight excluding hydrogens is 302 g/mol. The molecule has 0 aliphatic carbocycles. The molecule has 0 aliphatic heterocycles. The van der Waals surface area contributed by atoms with Crippen LogP contribution < -0.4 is 10.5 Å². The summed E-state index contributed by atoms with van der Waals surface area (Å²) in [6.45, 7) is 1.90. The van der Waals surface area contributed by atoms with Crippen LogP contribution in [0.15, 0.2) is 28.7 Å². The van der Waals surface area contributed by atoms with Crippen LogP contribution in [0.4, 0.5) is 0 Å². The molecule has 2 rings (SSSR count). The number of nitrogens with zero attached hydrogens (tertiary/aromatic N) is 1. The molecule has 0 bridgehead atoms. The zero-order valence-electron chi connectivity index (χ0n) is 9.03. The number of nitrogens with two attached hydrogens (primary N) is 1. The highest BCUT2D eigenvalue weighted by Crippen LogP contribution is 2.29. The van der Waals surface area contributed by atoms with Gasteiger partial charge in [-0.15, -0.1) is 5.10 Å². The Morgan fingerprint density at radius 1 is 1.53 bits per heavy atom. The Morgan fingerprint density at radius 3 is 2.88 bits per heavy atom. The van der Waals surface area contributed by atoms with Crippen LogP contribution in [0, 0.1) is 6.92 Å². The number of halogens is 1. The maximum absolute atomic E-state index is 5.67. The van der Waals surface area contributed by atoms with E-state index in [4.69, 9.17) is 22.7 Å². The SMILES string of the molecule is Cc1cc(Oc2cccc(Br)c2C(N)=S)n[nH]1. The van der Waals surface area contributed by atoms with E-state index in [1.807, 2.05) is 19.1 Å². The normalized spacial score (nSPS) is 10.2. The molecule has 6 heteroatoms. The number of hydrogen-bond acceptors (Lipinski definition) is 3. The molecule has 0 atom stereocenters. The number of ether oxygens (including phenoxy) is 1. The first-order valence-electron chi connectivity index (χ1n) is 4.86. The van der Waals surface area contributed by atoms with Gasteiger partial charge in [0.1, 0.15) is 10.7 Å². The lowest BCUT2D eigenvalue weighted by Crippen LogP contribution is -2.11. The maximum atomic E-state index is 5.67. The van der Waals surface area contributed by atoms with Crippen molar-refractivity contribution in [2.24, 2.45) is 5.73 Å². The quantitative estimate of drug-likeness (QED) is 0.855.